The van der Waals surface area contributed by atoms with Crippen molar-refractivity contribution in [2.24, 2.45) is 0 Å². The first-order valence-corrected chi connectivity index (χ1v) is 2.07. The van der Waals surface area contributed by atoms with Gasteiger partial charge in [0.15, 0.2) is 0 Å². The molecule has 10 heavy (non-hydrogen) atoms. The topological polar surface area (TPSA) is 39.8 Å². The zero-order valence-corrected chi connectivity index (χ0v) is 6.79. The molecule has 0 spiro atoms. The van der Waals surface area contributed by atoms with Gasteiger partial charge in [-0.05, 0) is 32.1 Å². The summed E-state index contributed by atoms with van der Waals surface area (Å²) in [5.74, 6) is 0. The number of hydrogen-bond acceptors (Lipinski definition) is 0. The van der Waals surface area contributed by atoms with E-state index in [1.807, 2.05) is 32.1 Å². The fourth-order valence-corrected chi connectivity index (χ4v) is 0.321. The third-order valence-electron chi connectivity index (χ3n) is 0.556. The van der Waals surface area contributed by atoms with Gasteiger partial charge < -0.3 is 0 Å². The van der Waals surface area contributed by atoms with Crippen molar-refractivity contribution in [3.05, 3.63) is 45.4 Å². The van der Waals surface area contributed by atoms with E-state index in [1.165, 1.54) is 0 Å². The molecular weight excluding hydrogens is 217 g/mol. The molecule has 0 aromatic rings. The Morgan fingerprint density at radius 2 is 0.700 bits per heavy atom. The van der Waals surface area contributed by atoms with Gasteiger partial charge in [0, 0.05) is 0 Å². The second kappa shape index (κ2) is 23.0. The van der Waals surface area contributed by atoms with Gasteiger partial charge in [0.2, 0.25) is 0 Å². The van der Waals surface area contributed by atoms with Crippen LogP contribution in [0.1, 0.15) is 0 Å². The van der Waals surface area contributed by atoms with Crippen molar-refractivity contribution >= 4 is 0 Å². The van der Waals surface area contributed by atoms with Gasteiger partial charge >= 0.3 is 42.1 Å². The summed E-state index contributed by atoms with van der Waals surface area (Å²) in [4.78, 5) is 0. The summed E-state index contributed by atoms with van der Waals surface area (Å²) in [7, 11) is 0. The van der Waals surface area contributed by atoms with Gasteiger partial charge in [-0.3, -0.25) is 0 Å². The van der Waals surface area contributed by atoms with Crippen LogP contribution in [0.2, 0.25) is 0 Å². The van der Waals surface area contributed by atoms with Crippen LogP contribution >= 0.6 is 0 Å². The zero-order chi connectivity index (χ0) is 7.54. The van der Waals surface area contributed by atoms with Crippen LogP contribution < -0.4 is 0 Å². The minimum absolute atomic E-state index is 0. The molecule has 0 N–H and O–H groups in total. The predicted molar refractivity (Wildman–Crippen MR) is 29.4 cm³/mol. The Morgan fingerprint density at radius 1 is 0.600 bits per heavy atom. The molecule has 6 radical (unpaired) electrons. The number of hydrogen-bond donors (Lipinski definition) is 0. The maximum Gasteiger partial charge on any atom is 1.00 e. The van der Waals surface area contributed by atoms with Crippen molar-refractivity contribution in [2.75, 3.05) is 0 Å². The van der Waals surface area contributed by atoms with Crippen molar-refractivity contribution in [1.29, 1.82) is 0 Å². The summed E-state index contributed by atoms with van der Waals surface area (Å²) in [5.41, 5.74) is 0. The smallest absolute Gasteiger partial charge is 0.0312 e. The van der Waals surface area contributed by atoms with Crippen LogP contribution in [0.15, 0.2) is 0 Å². The van der Waals surface area contributed by atoms with E-state index in [2.05, 4.69) is 13.3 Å². The first kappa shape index (κ1) is 16.6. The maximum absolute atomic E-state index is 7.50. The van der Waals surface area contributed by atoms with Crippen LogP contribution in [0, 0.1) is 45.4 Å². The molecule has 0 atom stereocenters. The van der Waals surface area contributed by atoms with Gasteiger partial charge in [-0.15, -0.1) is 0 Å². The Labute approximate surface area is 74.6 Å². The standard InChI is InChI=1S/C5H5.2CO.Ru/c1-2-4-5-3-1;2*1-2;/h1-5H;;;/q;;;+1. The van der Waals surface area contributed by atoms with Crippen LogP contribution in [-0.4, -0.2) is 0 Å². The Morgan fingerprint density at radius 3 is 0.800 bits per heavy atom. The number of rotatable bonds is 0. The first-order valence-electron chi connectivity index (χ1n) is 2.07. The maximum atomic E-state index is 7.50. The molecule has 0 heterocycles. The largest absolute Gasteiger partial charge is 1.00 e. The molecule has 1 aliphatic rings. The molecule has 1 aliphatic carbocycles. The van der Waals surface area contributed by atoms with E-state index in [9.17, 15) is 0 Å². The summed E-state index contributed by atoms with van der Waals surface area (Å²) in [6.45, 7) is 9.00. The zero-order valence-electron chi connectivity index (χ0n) is 5.06. The van der Waals surface area contributed by atoms with Gasteiger partial charge in [0.05, 0.1) is 0 Å². The van der Waals surface area contributed by atoms with E-state index in [0.29, 0.717) is 0 Å². The van der Waals surface area contributed by atoms with Gasteiger partial charge in [-0.25, -0.2) is 0 Å². The quantitative estimate of drug-likeness (QED) is 0.332. The Kier molecular flexibility index (Phi) is 38.1. The SMILES string of the molecule is [C-]#[O+].[C-]#[O+].[CH]1[CH][CH][CH][CH]1.[Ru+]. The second-order valence-corrected chi connectivity index (χ2v) is 0.962. The van der Waals surface area contributed by atoms with Gasteiger partial charge in [0.1, 0.15) is 0 Å². The Bertz CT molecular complexity index is 60.6. The third-order valence-corrected chi connectivity index (χ3v) is 0.556. The van der Waals surface area contributed by atoms with Crippen LogP contribution in [-0.2, 0) is 28.8 Å². The van der Waals surface area contributed by atoms with E-state index in [1.54, 1.807) is 0 Å². The van der Waals surface area contributed by atoms with Gasteiger partial charge in [-0.1, -0.05) is 0 Å². The molecule has 2 nitrogen and oxygen atoms in total. The van der Waals surface area contributed by atoms with E-state index in [-0.39, 0.29) is 19.5 Å². The molecule has 0 amide bonds. The second-order valence-electron chi connectivity index (χ2n) is 0.962. The molecule has 1 saturated carbocycles. The molecular formula is C7H5O2Ru+. The molecule has 0 unspecified atom stereocenters. The first-order chi connectivity index (χ1) is 4.50. The third kappa shape index (κ3) is 15.7. The molecule has 52 valence electrons. The molecule has 0 bridgehead atoms. The van der Waals surface area contributed by atoms with Crippen molar-refractivity contribution in [1.82, 2.24) is 0 Å². The minimum Gasteiger partial charge on any atom is -0.0312 e. The van der Waals surface area contributed by atoms with Crippen LogP contribution in [0.3, 0.4) is 0 Å². The molecule has 1 rings (SSSR count). The molecule has 0 saturated heterocycles. The fraction of sp³-hybridized carbons (Fsp3) is 0. The van der Waals surface area contributed by atoms with Crippen LogP contribution in [0.25, 0.3) is 0 Å². The minimum atomic E-state index is 0. The Balaban J connectivity index is -0.0000000875. The molecule has 0 aromatic heterocycles. The molecule has 0 aliphatic heterocycles. The van der Waals surface area contributed by atoms with Gasteiger partial charge in [-0.2, -0.15) is 0 Å². The summed E-state index contributed by atoms with van der Waals surface area (Å²) >= 11 is 0. The predicted octanol–water partition coefficient (Wildman–Crippen LogP) is 0.944. The van der Waals surface area contributed by atoms with E-state index >= 15 is 0 Å². The van der Waals surface area contributed by atoms with Crippen molar-refractivity contribution < 1.29 is 28.8 Å². The van der Waals surface area contributed by atoms with Crippen LogP contribution in [0.4, 0.5) is 0 Å². The molecule has 1 fully saturated rings. The van der Waals surface area contributed by atoms with E-state index in [0.717, 1.165) is 0 Å². The summed E-state index contributed by atoms with van der Waals surface area (Å²) < 4.78 is 15.0. The van der Waals surface area contributed by atoms with Crippen molar-refractivity contribution in [3.8, 4) is 0 Å². The van der Waals surface area contributed by atoms with E-state index in [4.69, 9.17) is 9.30 Å². The normalized spacial score (nSPS) is 12.4. The Hall–Kier alpha value is 0.103. The van der Waals surface area contributed by atoms with Gasteiger partial charge in [0.25, 0.3) is 0 Å². The summed E-state index contributed by atoms with van der Waals surface area (Å²) in [5, 5.41) is 0. The fourth-order valence-electron chi connectivity index (χ4n) is 0.321. The van der Waals surface area contributed by atoms with E-state index < -0.39 is 0 Å². The van der Waals surface area contributed by atoms with Crippen LogP contribution in [0.5, 0.6) is 0 Å². The molecule has 3 heteroatoms. The van der Waals surface area contributed by atoms with Crippen molar-refractivity contribution in [3.63, 3.8) is 0 Å². The monoisotopic (exact) mass is 223 g/mol. The van der Waals surface area contributed by atoms with Crippen molar-refractivity contribution in [2.45, 2.75) is 0 Å². The average Bonchev–Trinajstić information content (AvgIpc) is 2.51. The molecule has 0 aromatic carbocycles. The summed E-state index contributed by atoms with van der Waals surface area (Å²) in [6, 6.07) is 0. The average molecular weight is 222 g/mol. The summed E-state index contributed by atoms with van der Waals surface area (Å²) in [6.07, 6.45) is 10.0.